The molecule has 66 valence electrons. The standard InChI is InChI=1S/C9H7NO2S/c11-13(12)9-8-4-2-1-3-7(8)5-6-10-9/h1-4,6H,5H2. The van der Waals surface area contributed by atoms with Crippen LogP contribution in [0.5, 0.6) is 0 Å². The summed E-state index contributed by atoms with van der Waals surface area (Å²) >= 11 is 0. The summed E-state index contributed by atoms with van der Waals surface area (Å²) in [4.78, 5) is 3.99. The van der Waals surface area contributed by atoms with Gasteiger partial charge in [-0.2, -0.15) is 8.42 Å². The van der Waals surface area contributed by atoms with Crippen LogP contribution in [0.15, 0.2) is 29.3 Å². The third kappa shape index (κ3) is 1.40. The molecule has 0 atom stereocenters. The Morgan fingerprint density at radius 1 is 1.23 bits per heavy atom. The Morgan fingerprint density at radius 3 is 2.77 bits per heavy atom. The second-order valence-corrected chi connectivity index (χ2v) is 3.57. The maximum Gasteiger partial charge on any atom is 0.240 e. The largest absolute Gasteiger partial charge is 0.244 e. The van der Waals surface area contributed by atoms with Crippen LogP contribution in [-0.2, 0) is 16.7 Å². The van der Waals surface area contributed by atoms with Crippen molar-refractivity contribution in [2.24, 2.45) is 4.99 Å². The Balaban J connectivity index is 2.76. The van der Waals surface area contributed by atoms with Gasteiger partial charge in [0.15, 0.2) is 4.99 Å². The SMILES string of the molecule is O=S(=O)=C1N=CCc2ccccc21. The lowest BCUT2D eigenvalue weighted by atomic mass is 10.0. The first-order chi connectivity index (χ1) is 6.29. The van der Waals surface area contributed by atoms with Crippen LogP contribution in [0, 0.1) is 0 Å². The highest BCUT2D eigenvalue weighted by atomic mass is 32.2. The minimum atomic E-state index is -2.24. The smallest absolute Gasteiger partial charge is 0.240 e. The van der Waals surface area contributed by atoms with E-state index in [0.29, 0.717) is 6.42 Å². The first-order valence-corrected chi connectivity index (χ1v) is 4.93. The van der Waals surface area contributed by atoms with Gasteiger partial charge in [-0.3, -0.25) is 0 Å². The highest BCUT2D eigenvalue weighted by Gasteiger charge is 2.11. The van der Waals surface area contributed by atoms with Crippen LogP contribution in [-0.4, -0.2) is 19.6 Å². The molecule has 0 saturated heterocycles. The fourth-order valence-corrected chi connectivity index (χ4v) is 1.88. The quantitative estimate of drug-likeness (QED) is 0.568. The van der Waals surface area contributed by atoms with E-state index in [1.54, 1.807) is 12.3 Å². The van der Waals surface area contributed by atoms with Crippen molar-refractivity contribution in [1.29, 1.82) is 0 Å². The van der Waals surface area contributed by atoms with E-state index in [0.717, 1.165) is 11.1 Å². The molecule has 0 radical (unpaired) electrons. The van der Waals surface area contributed by atoms with E-state index in [1.165, 1.54) is 0 Å². The average Bonchev–Trinajstić information content (AvgIpc) is 2.17. The zero-order chi connectivity index (χ0) is 9.26. The van der Waals surface area contributed by atoms with Gasteiger partial charge in [-0.1, -0.05) is 24.3 Å². The number of hydrogen-bond donors (Lipinski definition) is 0. The number of hydrogen-bond acceptors (Lipinski definition) is 2. The maximum absolute atomic E-state index is 10.8. The normalized spacial score (nSPS) is 14.0. The van der Waals surface area contributed by atoms with Gasteiger partial charge in [0, 0.05) is 18.2 Å². The van der Waals surface area contributed by atoms with Crippen LogP contribution < -0.4 is 0 Å². The van der Waals surface area contributed by atoms with Crippen LogP contribution in [0.2, 0.25) is 0 Å². The molecule has 1 aromatic carbocycles. The van der Waals surface area contributed by atoms with Crippen molar-refractivity contribution in [3.8, 4) is 0 Å². The van der Waals surface area contributed by atoms with Gasteiger partial charge in [0.25, 0.3) is 0 Å². The summed E-state index contributed by atoms with van der Waals surface area (Å²) in [6, 6.07) is 7.39. The molecule has 0 spiro atoms. The number of benzene rings is 1. The van der Waals surface area contributed by atoms with Gasteiger partial charge >= 0.3 is 0 Å². The monoisotopic (exact) mass is 193 g/mol. The van der Waals surface area contributed by atoms with Gasteiger partial charge in [-0.25, -0.2) is 4.99 Å². The molecule has 0 saturated carbocycles. The van der Waals surface area contributed by atoms with E-state index in [1.807, 2.05) is 18.2 Å². The van der Waals surface area contributed by atoms with Crippen molar-refractivity contribution in [3.05, 3.63) is 35.4 Å². The molecule has 0 aliphatic carbocycles. The van der Waals surface area contributed by atoms with Gasteiger partial charge in [-0.15, -0.1) is 0 Å². The summed E-state index contributed by atoms with van der Waals surface area (Å²) in [5.74, 6) is 0. The van der Waals surface area contributed by atoms with E-state index in [9.17, 15) is 8.42 Å². The zero-order valence-corrected chi connectivity index (χ0v) is 7.58. The van der Waals surface area contributed by atoms with Gasteiger partial charge in [-0.05, 0) is 5.56 Å². The van der Waals surface area contributed by atoms with Crippen LogP contribution in [0.4, 0.5) is 0 Å². The molecule has 2 rings (SSSR count). The van der Waals surface area contributed by atoms with Crippen LogP contribution >= 0.6 is 0 Å². The van der Waals surface area contributed by atoms with Crippen LogP contribution in [0.1, 0.15) is 11.1 Å². The predicted octanol–water partition coefficient (Wildman–Crippen LogP) is 0.671. The molecule has 1 aromatic rings. The second-order valence-electron chi connectivity index (χ2n) is 2.71. The van der Waals surface area contributed by atoms with E-state index in [-0.39, 0.29) is 4.99 Å². The van der Waals surface area contributed by atoms with Crippen molar-refractivity contribution >= 4 is 21.5 Å². The summed E-state index contributed by atoms with van der Waals surface area (Å²) in [6.45, 7) is 0. The molecule has 0 bridgehead atoms. The minimum absolute atomic E-state index is 0.141. The Labute approximate surface area is 77.3 Å². The molecule has 0 unspecified atom stereocenters. The Hall–Kier alpha value is -1.42. The molecule has 0 fully saturated rings. The summed E-state index contributed by atoms with van der Waals surface area (Å²) in [5.41, 5.74) is 1.73. The summed E-state index contributed by atoms with van der Waals surface area (Å²) in [5, 5.41) is 0. The lowest BCUT2D eigenvalue weighted by molar-refractivity contribution is 0.627. The summed E-state index contributed by atoms with van der Waals surface area (Å²) in [6.07, 6.45) is 2.32. The van der Waals surface area contributed by atoms with E-state index in [4.69, 9.17) is 0 Å². The Morgan fingerprint density at radius 2 is 2.00 bits per heavy atom. The molecule has 0 aromatic heterocycles. The van der Waals surface area contributed by atoms with E-state index >= 15 is 0 Å². The Kier molecular flexibility index (Phi) is 1.98. The van der Waals surface area contributed by atoms with Gasteiger partial charge in [0.05, 0.1) is 0 Å². The lowest BCUT2D eigenvalue weighted by Crippen LogP contribution is -2.09. The number of nitrogens with zero attached hydrogens (tertiary/aromatic N) is 1. The van der Waals surface area contributed by atoms with Gasteiger partial charge < -0.3 is 0 Å². The van der Waals surface area contributed by atoms with Crippen molar-refractivity contribution in [1.82, 2.24) is 0 Å². The summed E-state index contributed by atoms with van der Waals surface area (Å²) in [7, 11) is -2.24. The lowest BCUT2D eigenvalue weighted by Gasteiger charge is -2.08. The maximum atomic E-state index is 10.8. The molecule has 0 amide bonds. The van der Waals surface area contributed by atoms with Crippen LogP contribution in [0.3, 0.4) is 0 Å². The van der Waals surface area contributed by atoms with Gasteiger partial charge in [0.1, 0.15) is 0 Å². The first kappa shape index (κ1) is 8.19. The molecule has 13 heavy (non-hydrogen) atoms. The number of fused-ring (bicyclic) bond motifs is 1. The molecule has 3 nitrogen and oxygen atoms in total. The topological polar surface area (TPSA) is 46.5 Å². The van der Waals surface area contributed by atoms with Gasteiger partial charge in [0.2, 0.25) is 10.3 Å². The Bertz CT molecular complexity index is 492. The number of aliphatic imine (C=N–C) groups is 1. The zero-order valence-electron chi connectivity index (χ0n) is 6.77. The summed E-state index contributed by atoms with van der Waals surface area (Å²) < 4.78 is 21.5. The molecule has 1 aliphatic rings. The molecular formula is C9H7NO2S. The van der Waals surface area contributed by atoms with Crippen molar-refractivity contribution in [2.75, 3.05) is 0 Å². The fourth-order valence-electron chi connectivity index (χ4n) is 1.34. The minimum Gasteiger partial charge on any atom is -0.244 e. The van der Waals surface area contributed by atoms with Crippen LogP contribution in [0.25, 0.3) is 0 Å². The average molecular weight is 193 g/mol. The highest BCUT2D eigenvalue weighted by Crippen LogP contribution is 2.13. The van der Waals surface area contributed by atoms with Crippen molar-refractivity contribution in [2.45, 2.75) is 6.42 Å². The van der Waals surface area contributed by atoms with E-state index in [2.05, 4.69) is 4.99 Å². The second kappa shape index (κ2) is 3.14. The molecule has 4 heteroatoms. The van der Waals surface area contributed by atoms with Crippen molar-refractivity contribution in [3.63, 3.8) is 0 Å². The fraction of sp³-hybridized carbons (Fsp3) is 0.111. The number of rotatable bonds is 0. The van der Waals surface area contributed by atoms with E-state index < -0.39 is 10.3 Å². The third-order valence-corrected chi connectivity index (χ3v) is 2.57. The molecule has 0 N–H and O–H groups in total. The molecular weight excluding hydrogens is 186 g/mol. The highest BCUT2D eigenvalue weighted by molar-refractivity contribution is 7.73. The predicted molar refractivity (Wildman–Crippen MR) is 51.7 cm³/mol. The third-order valence-electron chi connectivity index (χ3n) is 1.93. The van der Waals surface area contributed by atoms with Crippen molar-refractivity contribution < 1.29 is 8.42 Å². The molecule has 1 aliphatic heterocycles. The first-order valence-electron chi connectivity index (χ1n) is 3.86. The molecule has 1 heterocycles.